The monoisotopic (exact) mass is 386 g/mol. The molecule has 0 spiro atoms. The van der Waals surface area contributed by atoms with Crippen LogP contribution in [-0.2, 0) is 9.59 Å². The van der Waals surface area contributed by atoms with Crippen molar-refractivity contribution in [2.24, 2.45) is 0 Å². The Morgan fingerprint density at radius 1 is 1.00 bits per heavy atom. The molecule has 3 N–H and O–H groups in total. The summed E-state index contributed by atoms with van der Waals surface area (Å²) in [6.45, 7) is 5.31. The summed E-state index contributed by atoms with van der Waals surface area (Å²) >= 11 is 1.63. The molecule has 27 heavy (non-hydrogen) atoms. The Balaban J connectivity index is 1.92. The fraction of sp³-hybridized carbons (Fsp3) is 0.333. The van der Waals surface area contributed by atoms with E-state index in [9.17, 15) is 9.59 Å². The highest BCUT2D eigenvalue weighted by Gasteiger charge is 2.18. The summed E-state index contributed by atoms with van der Waals surface area (Å²) in [5, 5.41) is 5.88. The number of para-hydroxylation sites is 1. The number of quaternary nitrogens is 1. The van der Waals surface area contributed by atoms with E-state index in [4.69, 9.17) is 0 Å². The van der Waals surface area contributed by atoms with E-state index in [-0.39, 0.29) is 24.9 Å². The van der Waals surface area contributed by atoms with Gasteiger partial charge in [0.1, 0.15) is 0 Å². The molecule has 0 aromatic heterocycles. The predicted molar refractivity (Wildman–Crippen MR) is 113 cm³/mol. The molecule has 2 aromatic carbocycles. The first-order valence-corrected chi connectivity index (χ1v) is 10.4. The molecule has 144 valence electrons. The van der Waals surface area contributed by atoms with E-state index in [0.29, 0.717) is 0 Å². The molecule has 2 amide bonds. The van der Waals surface area contributed by atoms with E-state index in [0.717, 1.165) is 39.7 Å². The molecule has 0 fully saturated rings. The number of thioether (sulfide) groups is 1. The second-order valence-electron chi connectivity index (χ2n) is 6.50. The summed E-state index contributed by atoms with van der Waals surface area (Å²) < 4.78 is 0. The first-order valence-electron chi connectivity index (χ1n) is 9.14. The van der Waals surface area contributed by atoms with E-state index in [2.05, 4.69) is 17.6 Å². The maximum atomic E-state index is 12.4. The molecule has 0 saturated heterocycles. The predicted octanol–water partition coefficient (Wildman–Crippen LogP) is 2.59. The van der Waals surface area contributed by atoms with E-state index >= 15 is 0 Å². The average molecular weight is 387 g/mol. The molecule has 0 aliphatic carbocycles. The molecular weight excluding hydrogens is 358 g/mol. The van der Waals surface area contributed by atoms with Crippen LogP contribution in [0.5, 0.6) is 0 Å². The lowest BCUT2D eigenvalue weighted by Crippen LogP contribution is -3.14. The van der Waals surface area contributed by atoms with E-state index < -0.39 is 0 Å². The molecule has 0 bridgehead atoms. The van der Waals surface area contributed by atoms with E-state index in [1.54, 1.807) is 11.8 Å². The summed E-state index contributed by atoms with van der Waals surface area (Å²) in [5.74, 6) is -0.162. The van der Waals surface area contributed by atoms with Crippen molar-refractivity contribution in [3.63, 3.8) is 0 Å². The number of nitrogens with one attached hydrogen (secondary N) is 3. The molecule has 0 saturated carbocycles. The average Bonchev–Trinajstić information content (AvgIpc) is 2.64. The molecule has 2 aromatic rings. The summed E-state index contributed by atoms with van der Waals surface area (Å²) in [5.41, 5.74) is 2.62. The molecule has 2 rings (SSSR count). The van der Waals surface area contributed by atoms with Crippen molar-refractivity contribution in [3.05, 3.63) is 54.1 Å². The Kier molecular flexibility index (Phi) is 8.36. The van der Waals surface area contributed by atoms with Crippen LogP contribution < -0.4 is 15.5 Å². The van der Waals surface area contributed by atoms with Gasteiger partial charge in [0.2, 0.25) is 0 Å². The number of hydrogen-bond acceptors (Lipinski definition) is 3. The van der Waals surface area contributed by atoms with Gasteiger partial charge < -0.3 is 15.5 Å². The Hall–Kier alpha value is -2.31. The number of hydrogen-bond donors (Lipinski definition) is 3. The second kappa shape index (κ2) is 10.7. The van der Waals surface area contributed by atoms with Crippen LogP contribution in [0.1, 0.15) is 18.9 Å². The van der Waals surface area contributed by atoms with Crippen LogP contribution in [0.2, 0.25) is 0 Å². The minimum Gasteiger partial charge on any atom is -0.321 e. The first-order chi connectivity index (χ1) is 13.0. The molecule has 6 heteroatoms. The van der Waals surface area contributed by atoms with Crippen LogP contribution in [0.4, 0.5) is 11.4 Å². The summed E-state index contributed by atoms with van der Waals surface area (Å²) in [6.07, 6.45) is 2.91. The third kappa shape index (κ3) is 7.07. The van der Waals surface area contributed by atoms with Crippen molar-refractivity contribution in [3.8, 4) is 0 Å². The Labute approximate surface area is 165 Å². The zero-order valence-electron chi connectivity index (χ0n) is 16.2. The van der Waals surface area contributed by atoms with Crippen LogP contribution in [0, 0.1) is 6.92 Å². The van der Waals surface area contributed by atoms with Gasteiger partial charge in [-0.15, -0.1) is 11.8 Å². The Bertz CT molecular complexity index is 780. The molecular formula is C21H28N3O2S+. The number of rotatable bonds is 9. The number of carbonyl (C=O) groups is 2. The van der Waals surface area contributed by atoms with Gasteiger partial charge in [0.25, 0.3) is 11.8 Å². The van der Waals surface area contributed by atoms with Crippen LogP contribution >= 0.6 is 11.8 Å². The minimum atomic E-state index is -0.0830. The van der Waals surface area contributed by atoms with Crippen LogP contribution in [-0.4, -0.2) is 37.7 Å². The van der Waals surface area contributed by atoms with Crippen molar-refractivity contribution in [1.29, 1.82) is 0 Å². The topological polar surface area (TPSA) is 62.6 Å². The molecule has 0 aliphatic heterocycles. The number of aryl methyl sites for hydroxylation is 1. The smallest absolute Gasteiger partial charge is 0.279 e. The molecule has 1 atom stereocenters. The van der Waals surface area contributed by atoms with Crippen molar-refractivity contribution in [2.75, 3.05) is 36.5 Å². The first kappa shape index (κ1) is 21.0. The number of amides is 2. The van der Waals surface area contributed by atoms with Crippen molar-refractivity contribution >= 4 is 35.0 Å². The molecule has 0 heterocycles. The van der Waals surface area contributed by atoms with E-state index in [1.165, 1.54) is 0 Å². The number of anilines is 2. The molecule has 1 unspecified atom stereocenters. The van der Waals surface area contributed by atoms with Gasteiger partial charge in [-0.05, 0) is 49.4 Å². The fourth-order valence-corrected chi connectivity index (χ4v) is 3.32. The molecule has 0 aliphatic rings. The third-order valence-corrected chi connectivity index (χ3v) is 4.92. The highest BCUT2D eigenvalue weighted by atomic mass is 32.2. The normalized spacial score (nSPS) is 11.7. The molecule has 0 radical (unpaired) electrons. The standard InChI is InChI=1S/C21H27N3O2S/c1-4-12-24(15-21(26)23-19-11-6-5-8-16(19)2)14-20(25)22-17-9-7-10-18(13-17)27-3/h5-11,13H,4,12,14-15H2,1-3H3,(H,22,25)(H,23,26)/p+1. The van der Waals surface area contributed by atoms with E-state index in [1.807, 2.05) is 61.7 Å². The lowest BCUT2D eigenvalue weighted by Gasteiger charge is -2.18. The lowest BCUT2D eigenvalue weighted by molar-refractivity contribution is -0.883. The quantitative estimate of drug-likeness (QED) is 0.581. The Morgan fingerprint density at radius 3 is 2.37 bits per heavy atom. The maximum Gasteiger partial charge on any atom is 0.279 e. The van der Waals surface area contributed by atoms with Gasteiger partial charge in [-0.3, -0.25) is 9.59 Å². The lowest BCUT2D eigenvalue weighted by atomic mass is 10.2. The van der Waals surface area contributed by atoms with Crippen molar-refractivity contribution in [2.45, 2.75) is 25.2 Å². The van der Waals surface area contributed by atoms with Gasteiger partial charge >= 0.3 is 0 Å². The van der Waals surface area contributed by atoms with Gasteiger partial charge in [-0.1, -0.05) is 31.2 Å². The fourth-order valence-electron chi connectivity index (χ4n) is 2.86. The molecule has 5 nitrogen and oxygen atoms in total. The summed E-state index contributed by atoms with van der Waals surface area (Å²) in [6, 6.07) is 15.4. The minimum absolute atomic E-state index is 0.0788. The van der Waals surface area contributed by atoms with Crippen molar-refractivity contribution < 1.29 is 14.5 Å². The number of carbonyl (C=O) groups excluding carboxylic acids is 2. The SMILES string of the molecule is CCC[NH+](CC(=O)Nc1cccc(SC)c1)CC(=O)Nc1ccccc1C. The largest absolute Gasteiger partial charge is 0.321 e. The van der Waals surface area contributed by atoms with Crippen LogP contribution in [0.3, 0.4) is 0 Å². The summed E-state index contributed by atoms with van der Waals surface area (Å²) in [4.78, 5) is 26.9. The van der Waals surface area contributed by atoms with Gasteiger partial charge in [-0.2, -0.15) is 0 Å². The second-order valence-corrected chi connectivity index (χ2v) is 7.38. The zero-order valence-corrected chi connectivity index (χ0v) is 17.0. The van der Waals surface area contributed by atoms with Crippen LogP contribution in [0.25, 0.3) is 0 Å². The van der Waals surface area contributed by atoms with Gasteiger partial charge in [0.05, 0.1) is 6.54 Å². The highest BCUT2D eigenvalue weighted by Crippen LogP contribution is 2.18. The van der Waals surface area contributed by atoms with Gasteiger partial charge in [0, 0.05) is 16.3 Å². The highest BCUT2D eigenvalue weighted by molar-refractivity contribution is 7.98. The zero-order chi connectivity index (χ0) is 19.6. The Morgan fingerprint density at radius 2 is 1.70 bits per heavy atom. The van der Waals surface area contributed by atoms with Gasteiger partial charge in [-0.25, -0.2) is 0 Å². The third-order valence-electron chi connectivity index (χ3n) is 4.20. The van der Waals surface area contributed by atoms with Gasteiger partial charge in [0.15, 0.2) is 13.1 Å². The van der Waals surface area contributed by atoms with Crippen LogP contribution in [0.15, 0.2) is 53.4 Å². The maximum absolute atomic E-state index is 12.4. The summed E-state index contributed by atoms with van der Waals surface area (Å²) in [7, 11) is 0. The van der Waals surface area contributed by atoms with Crippen molar-refractivity contribution in [1.82, 2.24) is 0 Å². The number of benzene rings is 2.